The van der Waals surface area contributed by atoms with E-state index in [-0.39, 0.29) is 5.41 Å². The lowest BCUT2D eigenvalue weighted by Crippen LogP contribution is -2.49. The van der Waals surface area contributed by atoms with E-state index >= 15 is 0 Å². The first kappa shape index (κ1) is 15.9. The van der Waals surface area contributed by atoms with Crippen LogP contribution in [0.3, 0.4) is 0 Å². The van der Waals surface area contributed by atoms with Gasteiger partial charge in [0.2, 0.25) is 0 Å². The summed E-state index contributed by atoms with van der Waals surface area (Å²) >= 11 is 0. The average molecular weight is 331 g/mol. The van der Waals surface area contributed by atoms with Crippen LogP contribution in [-0.4, -0.2) is 57.8 Å². The van der Waals surface area contributed by atoms with Crippen molar-refractivity contribution in [1.29, 1.82) is 0 Å². The topological polar surface area (TPSA) is 40.2 Å². The second-order valence-electron chi connectivity index (χ2n) is 6.90. The monoisotopic (exact) mass is 331 g/mol. The van der Waals surface area contributed by atoms with E-state index in [4.69, 9.17) is 18.9 Å². The Kier molecular flexibility index (Phi) is 3.82. The molecule has 3 aliphatic rings. The summed E-state index contributed by atoms with van der Waals surface area (Å²) in [6.45, 7) is 2.40. The largest absolute Gasteiger partial charge is 0.493 e. The fourth-order valence-corrected chi connectivity index (χ4v) is 4.47. The van der Waals surface area contributed by atoms with Gasteiger partial charge in [0.15, 0.2) is 17.3 Å². The van der Waals surface area contributed by atoms with Gasteiger partial charge in [-0.3, -0.25) is 0 Å². The van der Waals surface area contributed by atoms with Crippen LogP contribution in [0.25, 0.3) is 0 Å². The van der Waals surface area contributed by atoms with E-state index in [0.29, 0.717) is 19.3 Å². The molecule has 2 atom stereocenters. The van der Waals surface area contributed by atoms with E-state index < -0.39 is 5.79 Å². The summed E-state index contributed by atoms with van der Waals surface area (Å²) in [5.41, 5.74) is 1.23. The minimum Gasteiger partial charge on any atom is -0.493 e. The van der Waals surface area contributed by atoms with E-state index in [1.807, 2.05) is 6.07 Å². The Bertz CT molecular complexity index is 653. The average Bonchev–Trinajstić information content (AvgIpc) is 3.21. The Morgan fingerprint density at radius 1 is 1.08 bits per heavy atom. The summed E-state index contributed by atoms with van der Waals surface area (Å²) in [4.78, 5) is 2.42. The van der Waals surface area contributed by atoms with Crippen molar-refractivity contribution in [2.24, 2.45) is 0 Å². The van der Waals surface area contributed by atoms with E-state index in [1.54, 1.807) is 14.2 Å². The van der Waals surface area contributed by atoms with Crippen molar-refractivity contribution in [3.8, 4) is 11.5 Å². The molecule has 2 fully saturated rings. The number of hydrogen-bond donors (Lipinski definition) is 0. The molecular formula is C19H25NO4. The maximum absolute atomic E-state index is 5.92. The third kappa shape index (κ3) is 2.26. The van der Waals surface area contributed by atoms with Crippen molar-refractivity contribution in [3.63, 3.8) is 0 Å². The number of likely N-dealkylation sites (N-methyl/N-ethyl adjacent to an activating group) is 1. The van der Waals surface area contributed by atoms with Crippen LogP contribution < -0.4 is 9.47 Å². The van der Waals surface area contributed by atoms with Crippen LogP contribution in [0.5, 0.6) is 11.5 Å². The number of rotatable bonds is 3. The Labute approximate surface area is 143 Å². The van der Waals surface area contributed by atoms with Gasteiger partial charge < -0.3 is 23.8 Å². The highest BCUT2D eigenvalue weighted by atomic mass is 16.7. The van der Waals surface area contributed by atoms with Gasteiger partial charge in [-0.15, -0.1) is 0 Å². The molecule has 1 spiro atoms. The van der Waals surface area contributed by atoms with Gasteiger partial charge in [0.1, 0.15) is 0 Å². The molecular weight excluding hydrogens is 306 g/mol. The summed E-state index contributed by atoms with van der Waals surface area (Å²) in [6.07, 6.45) is 6.37. The molecule has 2 aliphatic heterocycles. The first-order valence-corrected chi connectivity index (χ1v) is 8.53. The molecule has 0 aromatic heterocycles. The normalized spacial score (nSPS) is 31.4. The molecule has 1 aromatic rings. The number of likely N-dealkylation sites (tertiary alicyclic amines) is 1. The lowest BCUT2D eigenvalue weighted by molar-refractivity contribution is -0.138. The van der Waals surface area contributed by atoms with Crippen LogP contribution in [0.15, 0.2) is 30.4 Å². The fraction of sp³-hybridized carbons (Fsp3) is 0.579. The van der Waals surface area contributed by atoms with Gasteiger partial charge >= 0.3 is 0 Å². The molecule has 2 heterocycles. The quantitative estimate of drug-likeness (QED) is 0.795. The van der Waals surface area contributed by atoms with Gasteiger partial charge in [0.25, 0.3) is 0 Å². The Morgan fingerprint density at radius 3 is 2.54 bits per heavy atom. The summed E-state index contributed by atoms with van der Waals surface area (Å²) in [7, 11) is 5.54. The predicted molar refractivity (Wildman–Crippen MR) is 90.7 cm³/mol. The van der Waals surface area contributed by atoms with Crippen molar-refractivity contribution in [2.75, 3.05) is 41.0 Å². The molecule has 0 N–H and O–H groups in total. The van der Waals surface area contributed by atoms with Crippen molar-refractivity contribution >= 4 is 0 Å². The van der Waals surface area contributed by atoms with Gasteiger partial charge in [-0.1, -0.05) is 12.1 Å². The molecule has 1 aliphatic carbocycles. The van der Waals surface area contributed by atoms with E-state index in [0.717, 1.165) is 30.9 Å². The number of nitrogens with zero attached hydrogens (tertiary/aromatic N) is 1. The Balaban J connectivity index is 1.77. The first-order valence-electron chi connectivity index (χ1n) is 8.53. The zero-order chi connectivity index (χ0) is 16.8. The maximum atomic E-state index is 5.92. The van der Waals surface area contributed by atoms with Gasteiger partial charge in [-0.25, -0.2) is 0 Å². The van der Waals surface area contributed by atoms with Crippen molar-refractivity contribution in [1.82, 2.24) is 4.90 Å². The number of benzene rings is 1. The van der Waals surface area contributed by atoms with Crippen LogP contribution in [0, 0.1) is 0 Å². The number of ether oxygens (including phenoxy) is 4. The summed E-state index contributed by atoms with van der Waals surface area (Å²) in [6, 6.07) is 6.62. The molecule has 0 saturated carbocycles. The highest BCUT2D eigenvalue weighted by molar-refractivity contribution is 5.49. The Hall–Kier alpha value is -1.56. The van der Waals surface area contributed by atoms with Crippen LogP contribution in [-0.2, 0) is 14.9 Å². The van der Waals surface area contributed by atoms with Crippen LogP contribution in [0.2, 0.25) is 0 Å². The highest BCUT2D eigenvalue weighted by Crippen LogP contribution is 2.50. The van der Waals surface area contributed by atoms with Gasteiger partial charge in [0.05, 0.1) is 27.4 Å². The molecule has 5 heteroatoms. The predicted octanol–water partition coefficient (Wildman–Crippen LogP) is 2.35. The highest BCUT2D eigenvalue weighted by Gasteiger charge is 2.53. The molecule has 0 unspecified atom stereocenters. The molecule has 24 heavy (non-hydrogen) atoms. The van der Waals surface area contributed by atoms with E-state index in [9.17, 15) is 0 Å². The smallest absolute Gasteiger partial charge is 0.189 e. The van der Waals surface area contributed by atoms with Crippen molar-refractivity contribution in [2.45, 2.75) is 30.1 Å². The van der Waals surface area contributed by atoms with Crippen molar-refractivity contribution in [3.05, 3.63) is 35.9 Å². The lowest BCUT2D eigenvalue weighted by Gasteiger charge is -2.43. The summed E-state index contributed by atoms with van der Waals surface area (Å²) in [5, 5.41) is 0. The van der Waals surface area contributed by atoms with E-state index in [2.05, 4.69) is 36.2 Å². The second kappa shape index (κ2) is 5.76. The van der Waals surface area contributed by atoms with Gasteiger partial charge in [-0.2, -0.15) is 0 Å². The molecule has 0 amide bonds. The molecule has 4 rings (SSSR count). The molecule has 5 nitrogen and oxygen atoms in total. The van der Waals surface area contributed by atoms with Gasteiger partial charge in [0, 0.05) is 17.9 Å². The summed E-state index contributed by atoms with van der Waals surface area (Å²) < 4.78 is 22.8. The lowest BCUT2D eigenvalue weighted by atomic mass is 9.68. The third-order valence-corrected chi connectivity index (χ3v) is 5.81. The second-order valence-corrected chi connectivity index (χ2v) is 6.90. The molecule has 130 valence electrons. The Morgan fingerprint density at radius 2 is 1.83 bits per heavy atom. The number of hydrogen-bond acceptors (Lipinski definition) is 5. The number of fused-ring (bicyclic) bond motifs is 1. The molecule has 1 aromatic carbocycles. The minimum atomic E-state index is -0.538. The standard InChI is InChI=1S/C19H25NO4/c1-20-9-8-18(14-4-5-15(21-2)16(12-14)22-3)6-7-19(13-17(18)20)23-10-11-24-19/h4-7,12,17H,8-11,13H2,1-3H3/t17-,18-/m0/s1. The van der Waals surface area contributed by atoms with Gasteiger partial charge in [-0.05, 0) is 43.8 Å². The SMILES string of the molecule is COc1ccc([C@@]23C=CC4(C[C@@H]2N(C)CC3)OCCO4)cc1OC. The third-order valence-electron chi connectivity index (χ3n) is 5.81. The summed E-state index contributed by atoms with van der Waals surface area (Å²) in [5.74, 6) is 1.00. The van der Waals surface area contributed by atoms with Crippen LogP contribution in [0.4, 0.5) is 0 Å². The maximum Gasteiger partial charge on any atom is 0.189 e. The molecule has 2 saturated heterocycles. The van der Waals surface area contributed by atoms with E-state index in [1.165, 1.54) is 5.56 Å². The minimum absolute atomic E-state index is 0.0329. The zero-order valence-electron chi connectivity index (χ0n) is 14.6. The molecule has 0 bridgehead atoms. The molecule has 0 radical (unpaired) electrons. The van der Waals surface area contributed by atoms with Crippen LogP contribution in [0.1, 0.15) is 18.4 Å². The van der Waals surface area contributed by atoms with Crippen molar-refractivity contribution < 1.29 is 18.9 Å². The first-order chi connectivity index (χ1) is 11.6. The van der Waals surface area contributed by atoms with Crippen LogP contribution >= 0.6 is 0 Å². The zero-order valence-corrected chi connectivity index (χ0v) is 14.6. The number of methoxy groups -OCH3 is 2. The fourth-order valence-electron chi connectivity index (χ4n) is 4.47.